The topological polar surface area (TPSA) is 29.1 Å². The Hall–Kier alpha value is -1.28. The van der Waals surface area contributed by atoms with Crippen LogP contribution < -0.4 is 5.32 Å². The van der Waals surface area contributed by atoms with Gasteiger partial charge in [0.2, 0.25) is 5.91 Å². The maximum atomic E-state index is 11.2. The van der Waals surface area contributed by atoms with Crippen molar-refractivity contribution >= 4 is 23.2 Å². The van der Waals surface area contributed by atoms with E-state index in [4.69, 9.17) is 11.6 Å². The summed E-state index contributed by atoms with van der Waals surface area (Å²) in [6.45, 7) is 1.98. The molecule has 1 amide bonds. The zero-order valence-electron chi connectivity index (χ0n) is 7.96. The van der Waals surface area contributed by atoms with Crippen LogP contribution in [0.5, 0.6) is 0 Å². The second-order valence-electron chi connectivity index (χ2n) is 2.81. The van der Waals surface area contributed by atoms with Crippen LogP contribution in [0.25, 0.3) is 0 Å². The van der Waals surface area contributed by atoms with Gasteiger partial charge >= 0.3 is 0 Å². The van der Waals surface area contributed by atoms with Crippen LogP contribution in [-0.2, 0) is 4.79 Å². The summed E-state index contributed by atoms with van der Waals surface area (Å²) < 4.78 is 0. The first-order chi connectivity index (χ1) is 6.72. The Labute approximate surface area is 88.6 Å². The standard InChI is InChI=1S/C11H12ClNO/c1-2-3-7-11(14)13-10-6-4-5-9(12)8-10/h3-8H,2H2,1H3,(H,13,14)/b7-3-. The molecule has 0 heterocycles. The molecule has 0 spiro atoms. The van der Waals surface area contributed by atoms with Gasteiger partial charge in [-0.3, -0.25) is 4.79 Å². The third-order valence-electron chi connectivity index (χ3n) is 1.60. The summed E-state index contributed by atoms with van der Waals surface area (Å²) in [7, 11) is 0. The van der Waals surface area contributed by atoms with Gasteiger partial charge in [0.1, 0.15) is 0 Å². The van der Waals surface area contributed by atoms with Gasteiger partial charge in [0.15, 0.2) is 0 Å². The fourth-order valence-electron chi connectivity index (χ4n) is 0.975. The number of hydrogen-bond acceptors (Lipinski definition) is 1. The monoisotopic (exact) mass is 209 g/mol. The predicted molar refractivity (Wildman–Crippen MR) is 59.5 cm³/mol. The van der Waals surface area contributed by atoms with Crippen LogP contribution in [0.2, 0.25) is 5.02 Å². The first kappa shape index (κ1) is 10.8. The van der Waals surface area contributed by atoms with E-state index >= 15 is 0 Å². The van der Waals surface area contributed by atoms with E-state index in [1.54, 1.807) is 30.3 Å². The highest BCUT2D eigenvalue weighted by atomic mass is 35.5. The second-order valence-corrected chi connectivity index (χ2v) is 3.25. The van der Waals surface area contributed by atoms with Gasteiger partial charge in [-0.1, -0.05) is 30.7 Å². The fourth-order valence-corrected chi connectivity index (χ4v) is 1.17. The number of amides is 1. The van der Waals surface area contributed by atoms with Crippen molar-refractivity contribution < 1.29 is 4.79 Å². The molecular weight excluding hydrogens is 198 g/mol. The normalized spacial score (nSPS) is 10.4. The average molecular weight is 210 g/mol. The summed E-state index contributed by atoms with van der Waals surface area (Å²) in [6.07, 6.45) is 4.17. The minimum absolute atomic E-state index is 0.130. The molecule has 0 aliphatic heterocycles. The van der Waals surface area contributed by atoms with Crippen LogP contribution in [-0.4, -0.2) is 5.91 Å². The van der Waals surface area contributed by atoms with Crippen LogP contribution >= 0.6 is 11.6 Å². The molecule has 0 bridgehead atoms. The van der Waals surface area contributed by atoms with Crippen molar-refractivity contribution in [2.75, 3.05) is 5.32 Å². The van der Waals surface area contributed by atoms with Crippen LogP contribution in [0.15, 0.2) is 36.4 Å². The lowest BCUT2D eigenvalue weighted by atomic mass is 10.3. The Morgan fingerprint density at radius 3 is 3.00 bits per heavy atom. The number of halogens is 1. The zero-order chi connectivity index (χ0) is 10.4. The second kappa shape index (κ2) is 5.45. The predicted octanol–water partition coefficient (Wildman–Crippen LogP) is 3.24. The lowest BCUT2D eigenvalue weighted by molar-refractivity contribution is -0.111. The van der Waals surface area contributed by atoms with Gasteiger partial charge in [0, 0.05) is 10.7 Å². The molecule has 2 nitrogen and oxygen atoms in total. The Kier molecular flexibility index (Phi) is 4.20. The largest absolute Gasteiger partial charge is 0.322 e. The van der Waals surface area contributed by atoms with Crippen LogP contribution in [0.4, 0.5) is 5.69 Å². The number of carbonyl (C=O) groups is 1. The quantitative estimate of drug-likeness (QED) is 0.761. The van der Waals surface area contributed by atoms with Crippen molar-refractivity contribution in [3.63, 3.8) is 0 Å². The lowest BCUT2D eigenvalue weighted by Crippen LogP contribution is -2.07. The fraction of sp³-hybridized carbons (Fsp3) is 0.182. The van der Waals surface area contributed by atoms with E-state index in [0.717, 1.165) is 6.42 Å². The highest BCUT2D eigenvalue weighted by Crippen LogP contribution is 2.14. The third kappa shape index (κ3) is 3.62. The van der Waals surface area contributed by atoms with Gasteiger partial charge in [0.05, 0.1) is 0 Å². The van der Waals surface area contributed by atoms with Crippen molar-refractivity contribution in [2.45, 2.75) is 13.3 Å². The maximum Gasteiger partial charge on any atom is 0.248 e. The minimum atomic E-state index is -0.130. The summed E-state index contributed by atoms with van der Waals surface area (Å²) >= 11 is 5.76. The van der Waals surface area contributed by atoms with Gasteiger partial charge in [-0.15, -0.1) is 0 Å². The van der Waals surface area contributed by atoms with E-state index in [-0.39, 0.29) is 5.91 Å². The number of nitrogens with one attached hydrogen (secondary N) is 1. The van der Waals surface area contributed by atoms with Gasteiger partial charge in [0.25, 0.3) is 0 Å². The van der Waals surface area contributed by atoms with Gasteiger partial charge in [-0.05, 0) is 30.7 Å². The molecule has 0 aliphatic carbocycles. The molecule has 1 N–H and O–H groups in total. The van der Waals surface area contributed by atoms with Crippen LogP contribution in [0.1, 0.15) is 13.3 Å². The number of anilines is 1. The molecule has 74 valence electrons. The summed E-state index contributed by atoms with van der Waals surface area (Å²) in [6, 6.07) is 7.06. The Morgan fingerprint density at radius 2 is 2.36 bits per heavy atom. The number of rotatable bonds is 3. The molecule has 1 aromatic carbocycles. The number of carbonyl (C=O) groups excluding carboxylic acids is 1. The maximum absolute atomic E-state index is 11.2. The van der Waals surface area contributed by atoms with E-state index in [0.29, 0.717) is 10.7 Å². The summed E-state index contributed by atoms with van der Waals surface area (Å²) in [5, 5.41) is 3.32. The molecule has 3 heteroatoms. The molecule has 0 aliphatic rings. The molecule has 0 radical (unpaired) electrons. The molecule has 1 aromatic rings. The number of benzene rings is 1. The molecule has 0 atom stereocenters. The molecule has 0 saturated carbocycles. The van der Waals surface area contributed by atoms with E-state index < -0.39 is 0 Å². The molecule has 0 unspecified atom stereocenters. The smallest absolute Gasteiger partial charge is 0.248 e. The SMILES string of the molecule is CC/C=C\C(=O)Nc1cccc(Cl)c1. The van der Waals surface area contributed by atoms with Gasteiger partial charge in [-0.25, -0.2) is 0 Å². The first-order valence-corrected chi connectivity index (χ1v) is 4.83. The Balaban J connectivity index is 2.60. The van der Waals surface area contributed by atoms with E-state index in [1.165, 1.54) is 6.08 Å². The van der Waals surface area contributed by atoms with E-state index in [1.807, 2.05) is 6.92 Å². The van der Waals surface area contributed by atoms with Crippen LogP contribution in [0.3, 0.4) is 0 Å². The molecular formula is C11H12ClNO. The molecule has 14 heavy (non-hydrogen) atoms. The summed E-state index contributed by atoms with van der Waals surface area (Å²) in [5.74, 6) is -0.130. The van der Waals surface area contributed by atoms with Crippen molar-refractivity contribution in [2.24, 2.45) is 0 Å². The molecule has 0 aromatic heterocycles. The lowest BCUT2D eigenvalue weighted by Gasteiger charge is -2.01. The summed E-state index contributed by atoms with van der Waals surface area (Å²) in [5.41, 5.74) is 0.711. The van der Waals surface area contributed by atoms with Gasteiger partial charge < -0.3 is 5.32 Å². The van der Waals surface area contributed by atoms with Crippen molar-refractivity contribution in [1.82, 2.24) is 0 Å². The third-order valence-corrected chi connectivity index (χ3v) is 1.83. The number of allylic oxidation sites excluding steroid dienone is 1. The zero-order valence-corrected chi connectivity index (χ0v) is 8.71. The Morgan fingerprint density at radius 1 is 1.57 bits per heavy atom. The Bertz CT molecular complexity index is 347. The number of hydrogen-bond donors (Lipinski definition) is 1. The van der Waals surface area contributed by atoms with Crippen molar-refractivity contribution in [3.8, 4) is 0 Å². The highest BCUT2D eigenvalue weighted by Gasteiger charge is 1.97. The first-order valence-electron chi connectivity index (χ1n) is 4.45. The summed E-state index contributed by atoms with van der Waals surface area (Å²) in [4.78, 5) is 11.2. The van der Waals surface area contributed by atoms with Crippen molar-refractivity contribution in [1.29, 1.82) is 0 Å². The van der Waals surface area contributed by atoms with Crippen molar-refractivity contribution in [3.05, 3.63) is 41.4 Å². The molecule has 0 fully saturated rings. The van der Waals surface area contributed by atoms with Crippen LogP contribution in [0, 0.1) is 0 Å². The molecule has 1 rings (SSSR count). The average Bonchev–Trinajstić information content (AvgIpc) is 2.15. The van der Waals surface area contributed by atoms with E-state index in [2.05, 4.69) is 5.32 Å². The van der Waals surface area contributed by atoms with E-state index in [9.17, 15) is 4.79 Å². The highest BCUT2D eigenvalue weighted by molar-refractivity contribution is 6.30. The minimum Gasteiger partial charge on any atom is -0.322 e. The van der Waals surface area contributed by atoms with Gasteiger partial charge in [-0.2, -0.15) is 0 Å². The molecule has 0 saturated heterocycles.